The summed E-state index contributed by atoms with van der Waals surface area (Å²) < 4.78 is 5.51. The van der Waals surface area contributed by atoms with Crippen LogP contribution in [0.5, 0.6) is 11.5 Å². The summed E-state index contributed by atoms with van der Waals surface area (Å²) in [5.41, 5.74) is 0.940. The molecule has 1 aliphatic rings. The van der Waals surface area contributed by atoms with E-state index in [0.29, 0.717) is 41.6 Å². The molecule has 2 aromatic carbocycles. The molecule has 0 radical (unpaired) electrons. The highest BCUT2D eigenvalue weighted by Gasteiger charge is 2.46. The van der Waals surface area contributed by atoms with Gasteiger partial charge in [-0.2, -0.15) is 0 Å². The van der Waals surface area contributed by atoms with Gasteiger partial charge in [0.1, 0.15) is 17.3 Å². The summed E-state index contributed by atoms with van der Waals surface area (Å²) in [6.07, 6.45) is 0. The second-order valence-corrected chi connectivity index (χ2v) is 8.10. The van der Waals surface area contributed by atoms with E-state index >= 15 is 0 Å². The van der Waals surface area contributed by atoms with Crippen molar-refractivity contribution < 1.29 is 24.5 Å². The number of carbonyl (C=O) groups excluding carboxylic acids is 2. The monoisotopic (exact) mass is 472 g/mol. The van der Waals surface area contributed by atoms with Crippen molar-refractivity contribution >= 4 is 29.1 Å². The smallest absolute Gasteiger partial charge is 0.295 e. The molecule has 1 atom stereocenters. The standard InChI is InChI=1S/C25H29ClN2O5/c1-4-27(5-2)13-14-28-22(16-7-10-18(29)11-8-16)21(24(31)25(28)32)23(30)17-9-12-19(26)20(15-17)33-6-3/h7-12,15,22,29-30H,4-6,13-14H2,1-3H3/b23-21-. The number of hydrogen-bond donors (Lipinski definition) is 2. The Morgan fingerprint density at radius 3 is 2.36 bits per heavy atom. The Kier molecular flexibility index (Phi) is 8.00. The van der Waals surface area contributed by atoms with Crippen LogP contribution in [0, 0.1) is 0 Å². The van der Waals surface area contributed by atoms with Crippen molar-refractivity contribution in [3.63, 3.8) is 0 Å². The summed E-state index contributed by atoms with van der Waals surface area (Å²) in [5.74, 6) is -1.27. The molecule has 1 unspecified atom stereocenters. The van der Waals surface area contributed by atoms with Gasteiger partial charge in [0.05, 0.1) is 23.2 Å². The molecule has 8 heteroatoms. The van der Waals surface area contributed by atoms with Crippen LogP contribution in [0.2, 0.25) is 5.02 Å². The van der Waals surface area contributed by atoms with E-state index in [4.69, 9.17) is 16.3 Å². The van der Waals surface area contributed by atoms with Crippen LogP contribution in [0.25, 0.3) is 5.76 Å². The Morgan fingerprint density at radius 1 is 1.09 bits per heavy atom. The third-order valence-corrected chi connectivity index (χ3v) is 6.12. The first-order chi connectivity index (χ1) is 15.8. The molecule has 0 aromatic heterocycles. The number of phenolic OH excluding ortho intramolecular Hbond substituents is 1. The van der Waals surface area contributed by atoms with Crippen molar-refractivity contribution in [1.29, 1.82) is 0 Å². The zero-order valence-electron chi connectivity index (χ0n) is 19.0. The fourth-order valence-corrected chi connectivity index (χ4v) is 4.15. The number of aliphatic hydroxyl groups is 1. The van der Waals surface area contributed by atoms with Crippen LogP contribution >= 0.6 is 11.6 Å². The summed E-state index contributed by atoms with van der Waals surface area (Å²) in [5, 5.41) is 21.3. The van der Waals surface area contributed by atoms with Crippen molar-refractivity contribution in [3.8, 4) is 11.5 Å². The number of phenols is 1. The van der Waals surface area contributed by atoms with E-state index in [1.807, 2.05) is 20.8 Å². The molecule has 1 fully saturated rings. The molecule has 33 heavy (non-hydrogen) atoms. The molecule has 1 aliphatic heterocycles. The van der Waals surface area contributed by atoms with Crippen LogP contribution in [-0.2, 0) is 9.59 Å². The van der Waals surface area contributed by atoms with Crippen LogP contribution in [0.15, 0.2) is 48.0 Å². The van der Waals surface area contributed by atoms with E-state index in [1.54, 1.807) is 30.3 Å². The molecule has 0 spiro atoms. The lowest BCUT2D eigenvalue weighted by Crippen LogP contribution is -2.38. The van der Waals surface area contributed by atoms with Gasteiger partial charge in [0.15, 0.2) is 0 Å². The lowest BCUT2D eigenvalue weighted by atomic mass is 9.95. The van der Waals surface area contributed by atoms with Gasteiger partial charge in [-0.25, -0.2) is 0 Å². The molecule has 7 nitrogen and oxygen atoms in total. The van der Waals surface area contributed by atoms with Crippen molar-refractivity contribution in [3.05, 3.63) is 64.2 Å². The highest BCUT2D eigenvalue weighted by atomic mass is 35.5. The zero-order valence-corrected chi connectivity index (χ0v) is 19.8. The van der Waals surface area contributed by atoms with E-state index in [0.717, 1.165) is 13.1 Å². The first kappa shape index (κ1) is 24.6. The van der Waals surface area contributed by atoms with Crippen molar-refractivity contribution in [2.75, 3.05) is 32.8 Å². The van der Waals surface area contributed by atoms with Gasteiger partial charge in [-0.15, -0.1) is 0 Å². The highest BCUT2D eigenvalue weighted by Crippen LogP contribution is 2.40. The molecule has 1 heterocycles. The number of carbonyl (C=O) groups is 2. The topological polar surface area (TPSA) is 90.3 Å². The van der Waals surface area contributed by atoms with Crippen LogP contribution in [0.1, 0.15) is 37.9 Å². The average Bonchev–Trinajstić information content (AvgIpc) is 3.06. The molecule has 0 bridgehead atoms. The van der Waals surface area contributed by atoms with Crippen LogP contribution in [-0.4, -0.2) is 64.5 Å². The molecule has 3 rings (SSSR count). The van der Waals surface area contributed by atoms with E-state index in [9.17, 15) is 19.8 Å². The molecule has 2 N–H and O–H groups in total. The summed E-state index contributed by atoms with van der Waals surface area (Å²) in [7, 11) is 0. The van der Waals surface area contributed by atoms with Gasteiger partial charge in [-0.05, 0) is 55.9 Å². The maximum absolute atomic E-state index is 13.1. The normalized spacial score (nSPS) is 17.7. The Morgan fingerprint density at radius 2 is 1.76 bits per heavy atom. The Balaban J connectivity index is 2.11. The number of ketones is 1. The van der Waals surface area contributed by atoms with Crippen LogP contribution in [0.3, 0.4) is 0 Å². The lowest BCUT2D eigenvalue weighted by molar-refractivity contribution is -0.140. The second-order valence-electron chi connectivity index (χ2n) is 7.69. The van der Waals surface area contributed by atoms with Crippen LogP contribution < -0.4 is 4.74 Å². The minimum atomic E-state index is -0.785. The third-order valence-electron chi connectivity index (χ3n) is 5.80. The number of amides is 1. The Labute approximate surface area is 198 Å². The van der Waals surface area contributed by atoms with E-state index in [2.05, 4.69) is 4.90 Å². The minimum absolute atomic E-state index is 0.00462. The summed E-state index contributed by atoms with van der Waals surface area (Å²) in [6, 6.07) is 10.2. The van der Waals surface area contributed by atoms with E-state index < -0.39 is 17.7 Å². The quantitative estimate of drug-likeness (QED) is 0.323. The molecule has 176 valence electrons. The van der Waals surface area contributed by atoms with E-state index in [-0.39, 0.29) is 17.1 Å². The fraction of sp³-hybridized carbons (Fsp3) is 0.360. The number of likely N-dealkylation sites (N-methyl/N-ethyl adjacent to an activating group) is 1. The van der Waals surface area contributed by atoms with Crippen molar-refractivity contribution in [1.82, 2.24) is 9.80 Å². The molecule has 2 aromatic rings. The average molecular weight is 473 g/mol. The number of benzene rings is 2. The van der Waals surface area contributed by atoms with E-state index in [1.165, 1.54) is 17.0 Å². The Hall–Kier alpha value is -3.03. The van der Waals surface area contributed by atoms with Gasteiger partial charge >= 0.3 is 0 Å². The van der Waals surface area contributed by atoms with Gasteiger partial charge in [-0.1, -0.05) is 37.6 Å². The number of rotatable bonds is 9. The number of aliphatic hydroxyl groups excluding tert-OH is 1. The second kappa shape index (κ2) is 10.7. The van der Waals surface area contributed by atoms with Gasteiger partial charge in [-0.3, -0.25) is 9.59 Å². The van der Waals surface area contributed by atoms with Crippen LogP contribution in [0.4, 0.5) is 0 Å². The summed E-state index contributed by atoms with van der Waals surface area (Å²) in [4.78, 5) is 29.8. The maximum Gasteiger partial charge on any atom is 0.295 e. The molecule has 0 saturated carbocycles. The molecular formula is C25H29ClN2O5. The SMILES string of the molecule is CCOc1cc(/C(O)=C2/C(=O)C(=O)N(CCN(CC)CC)C2c2ccc(O)cc2)ccc1Cl. The maximum atomic E-state index is 13.1. The number of aromatic hydroxyl groups is 1. The van der Waals surface area contributed by atoms with Gasteiger partial charge in [0.25, 0.3) is 11.7 Å². The first-order valence-electron chi connectivity index (χ1n) is 11.0. The number of Topliss-reactive ketones (excluding diaryl/α,β-unsaturated/α-hetero) is 1. The van der Waals surface area contributed by atoms with Crippen molar-refractivity contribution in [2.24, 2.45) is 0 Å². The molecule has 1 saturated heterocycles. The zero-order chi connectivity index (χ0) is 24.1. The number of likely N-dealkylation sites (tertiary alicyclic amines) is 1. The summed E-state index contributed by atoms with van der Waals surface area (Å²) >= 11 is 6.17. The fourth-order valence-electron chi connectivity index (χ4n) is 3.98. The number of hydrogen-bond acceptors (Lipinski definition) is 6. The predicted molar refractivity (Wildman–Crippen MR) is 128 cm³/mol. The number of nitrogens with zero attached hydrogens (tertiary/aromatic N) is 2. The highest BCUT2D eigenvalue weighted by molar-refractivity contribution is 6.46. The minimum Gasteiger partial charge on any atom is -0.508 e. The summed E-state index contributed by atoms with van der Waals surface area (Å²) in [6.45, 7) is 8.80. The molecule has 0 aliphatic carbocycles. The lowest BCUT2D eigenvalue weighted by Gasteiger charge is -2.28. The largest absolute Gasteiger partial charge is 0.508 e. The molecular weight excluding hydrogens is 444 g/mol. The Bertz CT molecular complexity index is 1050. The molecule has 1 amide bonds. The van der Waals surface area contributed by atoms with Gasteiger partial charge in [0.2, 0.25) is 0 Å². The first-order valence-corrected chi connectivity index (χ1v) is 11.4. The third kappa shape index (κ3) is 5.15. The number of halogens is 1. The predicted octanol–water partition coefficient (Wildman–Crippen LogP) is 4.21. The van der Waals surface area contributed by atoms with Gasteiger partial charge in [0, 0.05) is 18.7 Å². The van der Waals surface area contributed by atoms with Crippen molar-refractivity contribution in [2.45, 2.75) is 26.8 Å². The number of ether oxygens (including phenoxy) is 1. The van der Waals surface area contributed by atoms with Gasteiger partial charge < -0.3 is 24.7 Å².